The van der Waals surface area contributed by atoms with Gasteiger partial charge in [-0.05, 0) is 66.0 Å². The van der Waals surface area contributed by atoms with E-state index in [0.717, 1.165) is 4.47 Å². The molecule has 2 N–H and O–H groups in total. The summed E-state index contributed by atoms with van der Waals surface area (Å²) in [4.78, 5) is 21.9. The Morgan fingerprint density at radius 1 is 1.16 bits per heavy atom. The molecule has 4 rings (SSSR count). The van der Waals surface area contributed by atoms with Crippen molar-refractivity contribution in [3.63, 3.8) is 0 Å². The number of hydrogen-bond acceptors (Lipinski definition) is 6. The minimum atomic E-state index is -0.267. The first kappa shape index (κ1) is 17.0. The van der Waals surface area contributed by atoms with Crippen molar-refractivity contribution in [3.8, 4) is 11.5 Å². The van der Waals surface area contributed by atoms with Crippen LogP contribution in [-0.4, -0.2) is 24.6 Å². The van der Waals surface area contributed by atoms with Crippen LogP contribution in [-0.2, 0) is 0 Å². The average molecular weight is 548 g/mol. The minimum Gasteiger partial charge on any atom is -0.506 e. The summed E-state index contributed by atoms with van der Waals surface area (Å²) in [5, 5.41) is 20.0. The van der Waals surface area contributed by atoms with Crippen molar-refractivity contribution in [1.82, 2.24) is 14.4 Å². The fourth-order valence-electron chi connectivity index (χ4n) is 2.38. The number of aromatic hydroxyl groups is 2. The molecule has 0 fully saturated rings. The maximum Gasteiger partial charge on any atom is 0.276 e. The zero-order chi connectivity index (χ0) is 17.9. The zero-order valence-electron chi connectivity index (χ0n) is 12.0. The molecule has 10 heteroatoms. The fourth-order valence-corrected chi connectivity index (χ4v) is 4.82. The Morgan fingerprint density at radius 3 is 2.68 bits per heavy atom. The van der Waals surface area contributed by atoms with Gasteiger partial charge in [0.2, 0.25) is 0 Å². The van der Waals surface area contributed by atoms with Crippen molar-refractivity contribution in [1.29, 1.82) is 0 Å². The molecule has 0 aliphatic rings. The highest BCUT2D eigenvalue weighted by atomic mass is 79.9. The molecule has 0 radical (unpaired) electrons. The van der Waals surface area contributed by atoms with Gasteiger partial charge in [-0.25, -0.2) is 14.4 Å². The standard InChI is InChI=1S/C15H6Br3N3O3S/c16-6-3-8-13(19-4-6)21-14(24)9(25-15(21)20-8)2-5-1-7(17)12(23)10(18)11(5)22/h1-4,22-23H/b9-2-. The predicted octanol–water partition coefficient (Wildman–Crippen LogP) is 3.55. The van der Waals surface area contributed by atoms with Crippen LogP contribution in [0.25, 0.3) is 22.2 Å². The van der Waals surface area contributed by atoms with Gasteiger partial charge in [-0.15, -0.1) is 0 Å². The Hall–Kier alpha value is -1.49. The molecule has 4 aromatic rings. The van der Waals surface area contributed by atoms with E-state index in [1.807, 2.05) is 0 Å². The Morgan fingerprint density at radius 2 is 1.92 bits per heavy atom. The average Bonchev–Trinajstić information content (AvgIpc) is 3.06. The monoisotopic (exact) mass is 545 g/mol. The Bertz CT molecular complexity index is 1280. The summed E-state index contributed by atoms with van der Waals surface area (Å²) in [6, 6.07) is 3.33. The van der Waals surface area contributed by atoms with E-state index in [1.165, 1.54) is 21.8 Å². The van der Waals surface area contributed by atoms with Crippen molar-refractivity contribution in [2.75, 3.05) is 0 Å². The highest BCUT2D eigenvalue weighted by Crippen LogP contribution is 2.41. The van der Waals surface area contributed by atoms with Gasteiger partial charge in [0.05, 0.1) is 9.01 Å². The van der Waals surface area contributed by atoms with Crippen molar-refractivity contribution < 1.29 is 10.2 Å². The second kappa shape index (κ2) is 6.04. The summed E-state index contributed by atoms with van der Waals surface area (Å²) in [5.41, 5.74) is 1.23. The number of imidazole rings is 1. The molecule has 0 bridgehead atoms. The first-order valence-corrected chi connectivity index (χ1v) is 9.94. The molecule has 3 aromatic heterocycles. The van der Waals surface area contributed by atoms with E-state index < -0.39 is 0 Å². The highest BCUT2D eigenvalue weighted by Gasteiger charge is 2.15. The van der Waals surface area contributed by atoms with E-state index in [2.05, 4.69) is 57.8 Å². The quantitative estimate of drug-likeness (QED) is 0.381. The van der Waals surface area contributed by atoms with Gasteiger partial charge < -0.3 is 10.2 Å². The van der Waals surface area contributed by atoms with E-state index in [0.29, 0.717) is 30.7 Å². The number of pyridine rings is 1. The second-order valence-electron chi connectivity index (χ2n) is 5.10. The third-order valence-electron chi connectivity index (χ3n) is 3.53. The highest BCUT2D eigenvalue weighted by molar-refractivity contribution is 9.11. The van der Waals surface area contributed by atoms with Gasteiger partial charge in [-0.3, -0.25) is 4.79 Å². The van der Waals surface area contributed by atoms with Crippen LogP contribution in [0.2, 0.25) is 0 Å². The number of thiazole rings is 1. The first-order valence-electron chi connectivity index (χ1n) is 6.75. The molecule has 0 saturated heterocycles. The first-order chi connectivity index (χ1) is 11.9. The normalized spacial score (nSPS) is 12.5. The van der Waals surface area contributed by atoms with E-state index in [-0.39, 0.29) is 21.5 Å². The lowest BCUT2D eigenvalue weighted by molar-refractivity contribution is 0.441. The maximum atomic E-state index is 12.7. The maximum absolute atomic E-state index is 12.7. The molecule has 25 heavy (non-hydrogen) atoms. The summed E-state index contributed by atoms with van der Waals surface area (Å²) in [7, 11) is 0. The lowest BCUT2D eigenvalue weighted by Gasteiger charge is -2.06. The van der Waals surface area contributed by atoms with Crippen LogP contribution in [0.3, 0.4) is 0 Å². The van der Waals surface area contributed by atoms with Crippen molar-refractivity contribution in [3.05, 3.63) is 52.2 Å². The van der Waals surface area contributed by atoms with Crippen LogP contribution >= 0.6 is 59.1 Å². The minimum absolute atomic E-state index is 0.112. The number of phenols is 2. The SMILES string of the molecule is O=c1/c(=C/c2cc(Br)c(O)c(Br)c2O)sc2nc3cc(Br)cnc3n12. The van der Waals surface area contributed by atoms with Gasteiger partial charge in [0, 0.05) is 16.2 Å². The molecule has 0 aliphatic carbocycles. The van der Waals surface area contributed by atoms with Crippen LogP contribution in [0, 0.1) is 0 Å². The van der Waals surface area contributed by atoms with Gasteiger partial charge in [-0.2, -0.15) is 0 Å². The molecule has 0 aliphatic heterocycles. The van der Waals surface area contributed by atoms with Gasteiger partial charge in [0.25, 0.3) is 5.56 Å². The third-order valence-corrected chi connectivity index (χ3v) is 6.29. The molecule has 0 amide bonds. The summed E-state index contributed by atoms with van der Waals surface area (Å²) in [5.74, 6) is -0.267. The molecule has 6 nitrogen and oxygen atoms in total. The van der Waals surface area contributed by atoms with Crippen LogP contribution in [0.1, 0.15) is 5.56 Å². The Balaban J connectivity index is 2.01. The number of benzene rings is 1. The number of aromatic nitrogens is 3. The molecular formula is C15H6Br3N3O3S. The largest absolute Gasteiger partial charge is 0.506 e. The van der Waals surface area contributed by atoms with Crippen molar-refractivity contribution in [2.45, 2.75) is 0 Å². The zero-order valence-corrected chi connectivity index (χ0v) is 17.6. The Kier molecular flexibility index (Phi) is 4.10. The van der Waals surface area contributed by atoms with Gasteiger partial charge in [0.15, 0.2) is 10.6 Å². The lowest BCUT2D eigenvalue weighted by atomic mass is 10.2. The van der Waals surface area contributed by atoms with Crippen LogP contribution in [0.4, 0.5) is 0 Å². The number of halogens is 3. The molecule has 1 aromatic carbocycles. The molecular weight excluding hydrogens is 542 g/mol. The van der Waals surface area contributed by atoms with E-state index in [1.54, 1.807) is 18.3 Å². The van der Waals surface area contributed by atoms with Crippen LogP contribution in [0.15, 0.2) is 36.5 Å². The Labute approximate surface area is 168 Å². The number of rotatable bonds is 1. The molecule has 0 unspecified atom stereocenters. The molecule has 3 heterocycles. The number of phenolic OH excluding ortho intramolecular Hbond substituents is 2. The predicted molar refractivity (Wildman–Crippen MR) is 106 cm³/mol. The van der Waals surface area contributed by atoms with E-state index in [9.17, 15) is 15.0 Å². The van der Waals surface area contributed by atoms with E-state index in [4.69, 9.17) is 0 Å². The topological polar surface area (TPSA) is 87.7 Å². The molecule has 0 spiro atoms. The van der Waals surface area contributed by atoms with E-state index >= 15 is 0 Å². The van der Waals surface area contributed by atoms with Gasteiger partial charge in [0.1, 0.15) is 21.5 Å². The van der Waals surface area contributed by atoms with Crippen LogP contribution in [0.5, 0.6) is 11.5 Å². The summed E-state index contributed by atoms with van der Waals surface area (Å²) in [6.45, 7) is 0. The third kappa shape index (κ3) is 2.67. The van der Waals surface area contributed by atoms with Crippen molar-refractivity contribution >= 4 is 81.3 Å². The fraction of sp³-hybridized carbons (Fsp3) is 0. The summed E-state index contributed by atoms with van der Waals surface area (Å²) < 4.78 is 3.18. The number of hydrogen-bond donors (Lipinski definition) is 2. The summed E-state index contributed by atoms with van der Waals surface area (Å²) >= 11 is 10.9. The molecule has 0 saturated carbocycles. The smallest absolute Gasteiger partial charge is 0.276 e. The second-order valence-corrected chi connectivity index (χ2v) is 8.67. The molecule has 126 valence electrons. The van der Waals surface area contributed by atoms with Gasteiger partial charge >= 0.3 is 0 Å². The van der Waals surface area contributed by atoms with Crippen molar-refractivity contribution in [2.24, 2.45) is 0 Å². The number of nitrogens with zero attached hydrogens (tertiary/aromatic N) is 3. The molecule has 0 atom stereocenters. The lowest BCUT2D eigenvalue weighted by Crippen LogP contribution is -2.23. The number of fused-ring (bicyclic) bond motifs is 3. The van der Waals surface area contributed by atoms with Crippen LogP contribution < -0.4 is 10.1 Å². The summed E-state index contributed by atoms with van der Waals surface area (Å²) in [6.07, 6.45) is 3.16. The van der Waals surface area contributed by atoms with Gasteiger partial charge in [-0.1, -0.05) is 11.3 Å².